The number of nitrogens with zero attached hydrogens (tertiary/aromatic N) is 2. The van der Waals surface area contributed by atoms with E-state index in [1.165, 1.54) is 11.1 Å². The van der Waals surface area contributed by atoms with Gasteiger partial charge in [0.1, 0.15) is 0 Å². The molecule has 0 aliphatic rings. The van der Waals surface area contributed by atoms with Gasteiger partial charge in [0.15, 0.2) is 0 Å². The largest absolute Gasteiger partial charge is 0.350 e. The Labute approximate surface area is 84.2 Å². The molecule has 0 radical (unpaired) electrons. The minimum atomic E-state index is 0.904. The van der Waals surface area contributed by atoms with Gasteiger partial charge >= 0.3 is 0 Å². The fourth-order valence-corrected chi connectivity index (χ4v) is 1.46. The lowest BCUT2D eigenvalue weighted by atomic mass is 10.2. The van der Waals surface area contributed by atoms with Crippen LogP contribution in [-0.4, -0.2) is 9.55 Å². The third-order valence-corrected chi connectivity index (χ3v) is 2.24. The number of hydrogen-bond acceptors (Lipinski definition) is 1. The second kappa shape index (κ2) is 3.66. The normalized spacial score (nSPS) is 10.4. The van der Waals surface area contributed by atoms with E-state index in [-0.39, 0.29) is 0 Å². The van der Waals surface area contributed by atoms with Gasteiger partial charge in [-0.15, -0.1) is 0 Å². The molecule has 2 heteroatoms. The van der Waals surface area contributed by atoms with Crippen LogP contribution in [0.1, 0.15) is 16.8 Å². The van der Waals surface area contributed by atoms with Crippen LogP contribution in [0, 0.1) is 13.8 Å². The first kappa shape index (κ1) is 9.00. The van der Waals surface area contributed by atoms with Crippen LogP contribution >= 0.6 is 0 Å². The van der Waals surface area contributed by atoms with E-state index in [9.17, 15) is 0 Å². The first-order chi connectivity index (χ1) is 6.74. The fraction of sp³-hybridized carbons (Fsp3) is 0.250. The van der Waals surface area contributed by atoms with Gasteiger partial charge in [-0.3, -0.25) is 4.98 Å². The quantitative estimate of drug-likeness (QED) is 0.704. The summed E-state index contributed by atoms with van der Waals surface area (Å²) in [7, 11) is 0. The van der Waals surface area contributed by atoms with E-state index in [2.05, 4.69) is 41.0 Å². The summed E-state index contributed by atoms with van der Waals surface area (Å²) in [6.07, 6.45) is 6.17. The van der Waals surface area contributed by atoms with Crippen LogP contribution < -0.4 is 0 Å². The highest BCUT2D eigenvalue weighted by molar-refractivity contribution is 5.15. The second-order valence-corrected chi connectivity index (χ2v) is 3.67. The van der Waals surface area contributed by atoms with Gasteiger partial charge in [0.05, 0.1) is 0 Å². The summed E-state index contributed by atoms with van der Waals surface area (Å²) in [5.74, 6) is 0. The van der Waals surface area contributed by atoms with E-state index >= 15 is 0 Å². The van der Waals surface area contributed by atoms with Crippen LogP contribution in [0.3, 0.4) is 0 Å². The molecule has 0 fully saturated rings. The van der Waals surface area contributed by atoms with Gasteiger partial charge in [0.2, 0.25) is 0 Å². The summed E-state index contributed by atoms with van der Waals surface area (Å²) in [5.41, 5.74) is 3.61. The van der Waals surface area contributed by atoms with Gasteiger partial charge in [0.25, 0.3) is 0 Å². The standard InChI is InChI=1S/C12H14N2/c1-10-5-6-14(8-10)9-12-4-3-11(2)13-7-12/h3-8H,9H2,1-2H3. The molecule has 2 heterocycles. The predicted octanol–water partition coefficient (Wildman–Crippen LogP) is 2.55. The van der Waals surface area contributed by atoms with Gasteiger partial charge in [-0.1, -0.05) is 6.07 Å². The van der Waals surface area contributed by atoms with Crippen molar-refractivity contribution >= 4 is 0 Å². The molecule has 0 unspecified atom stereocenters. The topological polar surface area (TPSA) is 17.8 Å². The Morgan fingerprint density at radius 3 is 2.64 bits per heavy atom. The third-order valence-electron chi connectivity index (χ3n) is 2.24. The zero-order valence-corrected chi connectivity index (χ0v) is 8.57. The van der Waals surface area contributed by atoms with E-state index in [4.69, 9.17) is 0 Å². The number of hydrogen-bond donors (Lipinski definition) is 0. The Hall–Kier alpha value is -1.57. The number of rotatable bonds is 2. The van der Waals surface area contributed by atoms with Crippen molar-refractivity contribution in [3.63, 3.8) is 0 Å². The maximum atomic E-state index is 4.27. The molecule has 0 saturated heterocycles. The van der Waals surface area contributed by atoms with Crippen LogP contribution in [0.5, 0.6) is 0 Å². The van der Waals surface area contributed by atoms with E-state index in [0.29, 0.717) is 0 Å². The summed E-state index contributed by atoms with van der Waals surface area (Å²) in [5, 5.41) is 0. The van der Waals surface area contributed by atoms with E-state index in [0.717, 1.165) is 12.2 Å². The van der Waals surface area contributed by atoms with E-state index in [1.54, 1.807) is 0 Å². The molecule has 14 heavy (non-hydrogen) atoms. The summed E-state index contributed by atoms with van der Waals surface area (Å²) < 4.78 is 2.17. The minimum absolute atomic E-state index is 0.904. The average molecular weight is 186 g/mol. The van der Waals surface area contributed by atoms with Crippen molar-refractivity contribution in [2.45, 2.75) is 20.4 Å². The first-order valence-corrected chi connectivity index (χ1v) is 4.78. The molecule has 0 aromatic carbocycles. The van der Waals surface area contributed by atoms with Crippen LogP contribution in [0.2, 0.25) is 0 Å². The Balaban J connectivity index is 2.15. The zero-order valence-electron chi connectivity index (χ0n) is 8.57. The van der Waals surface area contributed by atoms with Gasteiger partial charge in [-0.05, 0) is 37.1 Å². The van der Waals surface area contributed by atoms with Crippen molar-refractivity contribution in [1.82, 2.24) is 9.55 Å². The van der Waals surface area contributed by atoms with Crippen molar-refractivity contribution in [3.05, 3.63) is 53.6 Å². The highest BCUT2D eigenvalue weighted by Crippen LogP contribution is 2.05. The number of pyridine rings is 1. The number of aryl methyl sites for hydroxylation is 2. The molecule has 0 N–H and O–H groups in total. The Morgan fingerprint density at radius 2 is 2.07 bits per heavy atom. The molecule has 0 spiro atoms. The van der Waals surface area contributed by atoms with Gasteiger partial charge in [-0.25, -0.2) is 0 Å². The minimum Gasteiger partial charge on any atom is -0.350 e. The molecule has 0 aliphatic heterocycles. The summed E-state index contributed by atoms with van der Waals surface area (Å²) in [6, 6.07) is 6.28. The molecular formula is C12H14N2. The molecule has 0 amide bonds. The molecule has 2 aromatic rings. The van der Waals surface area contributed by atoms with Crippen LogP contribution in [0.4, 0.5) is 0 Å². The summed E-state index contributed by atoms with van der Waals surface area (Å²) in [4.78, 5) is 4.27. The second-order valence-electron chi connectivity index (χ2n) is 3.67. The molecule has 0 bridgehead atoms. The highest BCUT2D eigenvalue weighted by Gasteiger charge is 1.95. The van der Waals surface area contributed by atoms with E-state index < -0.39 is 0 Å². The Bertz CT molecular complexity index is 412. The van der Waals surface area contributed by atoms with Crippen molar-refractivity contribution in [1.29, 1.82) is 0 Å². The third kappa shape index (κ3) is 2.02. The van der Waals surface area contributed by atoms with Crippen LogP contribution in [0.15, 0.2) is 36.8 Å². The van der Waals surface area contributed by atoms with Crippen molar-refractivity contribution in [3.8, 4) is 0 Å². The van der Waals surface area contributed by atoms with Gasteiger partial charge in [0, 0.05) is 30.8 Å². The lowest BCUT2D eigenvalue weighted by Gasteiger charge is -2.02. The molecular weight excluding hydrogens is 172 g/mol. The SMILES string of the molecule is Cc1ccn(Cc2ccc(C)nc2)c1. The molecule has 2 rings (SSSR count). The van der Waals surface area contributed by atoms with Crippen molar-refractivity contribution < 1.29 is 0 Å². The first-order valence-electron chi connectivity index (χ1n) is 4.78. The van der Waals surface area contributed by atoms with Gasteiger partial charge in [-0.2, -0.15) is 0 Å². The Kier molecular flexibility index (Phi) is 2.35. The highest BCUT2D eigenvalue weighted by atomic mass is 14.9. The summed E-state index contributed by atoms with van der Waals surface area (Å²) in [6.45, 7) is 5.01. The van der Waals surface area contributed by atoms with Crippen molar-refractivity contribution in [2.75, 3.05) is 0 Å². The lowest BCUT2D eigenvalue weighted by Crippen LogP contribution is -1.96. The number of aromatic nitrogens is 2. The average Bonchev–Trinajstić information content (AvgIpc) is 2.56. The molecule has 0 atom stereocenters. The van der Waals surface area contributed by atoms with Gasteiger partial charge < -0.3 is 4.57 Å². The zero-order chi connectivity index (χ0) is 9.97. The van der Waals surface area contributed by atoms with E-state index in [1.807, 2.05) is 19.2 Å². The maximum absolute atomic E-state index is 4.27. The molecule has 2 aromatic heterocycles. The molecule has 72 valence electrons. The fourth-order valence-electron chi connectivity index (χ4n) is 1.46. The molecule has 2 nitrogen and oxygen atoms in total. The maximum Gasteiger partial charge on any atom is 0.0485 e. The Morgan fingerprint density at radius 1 is 1.21 bits per heavy atom. The summed E-state index contributed by atoms with van der Waals surface area (Å²) >= 11 is 0. The predicted molar refractivity (Wildman–Crippen MR) is 57.2 cm³/mol. The monoisotopic (exact) mass is 186 g/mol. The molecule has 0 aliphatic carbocycles. The van der Waals surface area contributed by atoms with Crippen molar-refractivity contribution in [2.24, 2.45) is 0 Å². The van der Waals surface area contributed by atoms with Crippen LogP contribution in [0.25, 0.3) is 0 Å². The van der Waals surface area contributed by atoms with Crippen LogP contribution in [-0.2, 0) is 6.54 Å². The molecule has 0 saturated carbocycles. The lowest BCUT2D eigenvalue weighted by molar-refractivity contribution is 0.799. The smallest absolute Gasteiger partial charge is 0.0485 e.